The maximum Gasteiger partial charge on any atom is 0.137 e. The van der Waals surface area contributed by atoms with E-state index >= 15 is 0 Å². The number of H-pyrrole nitrogens is 1. The van der Waals surface area contributed by atoms with E-state index < -0.39 is 0 Å². The fourth-order valence-electron chi connectivity index (χ4n) is 2.65. The van der Waals surface area contributed by atoms with E-state index in [1.54, 1.807) is 0 Å². The van der Waals surface area contributed by atoms with Gasteiger partial charge in [-0.1, -0.05) is 44.2 Å². The van der Waals surface area contributed by atoms with Crippen LogP contribution < -0.4 is 0 Å². The zero-order valence-electron chi connectivity index (χ0n) is 11.1. The smallest absolute Gasteiger partial charge is 0.137 e. The van der Waals surface area contributed by atoms with Gasteiger partial charge in [-0.3, -0.25) is 0 Å². The van der Waals surface area contributed by atoms with Crippen molar-refractivity contribution in [3.05, 3.63) is 72.9 Å². The van der Waals surface area contributed by atoms with Crippen molar-refractivity contribution < 1.29 is 0 Å². The van der Waals surface area contributed by atoms with E-state index in [9.17, 15) is 0 Å². The normalized spacial score (nSPS) is 14.4. The second-order valence-corrected chi connectivity index (χ2v) is 5.05. The summed E-state index contributed by atoms with van der Waals surface area (Å²) >= 11 is 0. The van der Waals surface area contributed by atoms with Crippen LogP contribution in [0.25, 0.3) is 11.0 Å². The van der Waals surface area contributed by atoms with Gasteiger partial charge >= 0.3 is 0 Å². The Hall–Kier alpha value is -2.09. The molecule has 1 N–H and O–H groups in total. The molecule has 19 heavy (non-hydrogen) atoms. The van der Waals surface area contributed by atoms with Crippen LogP contribution in [0.5, 0.6) is 0 Å². The van der Waals surface area contributed by atoms with E-state index in [1.165, 1.54) is 16.5 Å². The first-order chi connectivity index (χ1) is 9.25. The number of hydrogen-bond donors (Lipinski definition) is 1. The Morgan fingerprint density at radius 1 is 1.16 bits per heavy atom. The zero-order chi connectivity index (χ0) is 13.3. The number of rotatable bonds is 3. The summed E-state index contributed by atoms with van der Waals surface area (Å²) < 4.78 is 0. The summed E-state index contributed by atoms with van der Waals surface area (Å²) in [4.78, 5) is 7.63. The molecule has 0 saturated heterocycles. The molecule has 2 heteroatoms. The first-order valence-corrected chi connectivity index (χ1v) is 6.53. The van der Waals surface area contributed by atoms with Gasteiger partial charge in [0.2, 0.25) is 0 Å². The van der Waals surface area contributed by atoms with E-state index in [4.69, 9.17) is 0 Å². The summed E-state index contributed by atoms with van der Waals surface area (Å²) in [6.45, 7) is 6.40. The maximum atomic E-state index is 4.37. The van der Waals surface area contributed by atoms with Crippen LogP contribution in [0.2, 0.25) is 0 Å². The van der Waals surface area contributed by atoms with Crippen LogP contribution in [0.1, 0.15) is 24.5 Å². The number of pyridine rings is 1. The van der Waals surface area contributed by atoms with Crippen LogP contribution in [0.3, 0.4) is 0 Å². The summed E-state index contributed by atoms with van der Waals surface area (Å²) in [7, 11) is 0. The fourth-order valence-corrected chi connectivity index (χ4v) is 2.65. The molecule has 2 heterocycles. The number of nitrogens with one attached hydrogen (secondary N) is 1. The molecular formula is C17H17N2. The quantitative estimate of drug-likeness (QED) is 0.744. The van der Waals surface area contributed by atoms with Crippen molar-refractivity contribution in [3.8, 4) is 0 Å². The molecule has 0 unspecified atom stereocenters. The fraction of sp³-hybridized carbons (Fsp3) is 0.176. The average molecular weight is 249 g/mol. The van der Waals surface area contributed by atoms with Crippen molar-refractivity contribution in [1.82, 2.24) is 9.97 Å². The third kappa shape index (κ3) is 1.84. The standard InChI is InChI=1S/C17H17N2/c1-3-17(2,13-8-5-4-6-9-13)15-12-19-16-14(15)10-7-11-18-16/h4-12H,1,3H2,2H3,(H,18,19)/t17-/m0/s1. The van der Waals surface area contributed by atoms with Gasteiger partial charge in [0.25, 0.3) is 0 Å². The summed E-state index contributed by atoms with van der Waals surface area (Å²) in [5.41, 5.74) is 3.39. The lowest BCUT2D eigenvalue weighted by Crippen LogP contribution is -2.22. The van der Waals surface area contributed by atoms with Crippen molar-refractivity contribution in [2.75, 3.05) is 0 Å². The molecule has 1 atom stereocenters. The number of aromatic amines is 1. The zero-order valence-corrected chi connectivity index (χ0v) is 11.1. The molecule has 2 aromatic heterocycles. The monoisotopic (exact) mass is 249 g/mol. The van der Waals surface area contributed by atoms with Gasteiger partial charge in [-0.2, -0.15) is 0 Å². The molecule has 0 fully saturated rings. The van der Waals surface area contributed by atoms with Crippen LogP contribution in [0, 0.1) is 6.92 Å². The Morgan fingerprint density at radius 3 is 2.68 bits per heavy atom. The van der Waals surface area contributed by atoms with Crippen molar-refractivity contribution in [2.24, 2.45) is 0 Å². The van der Waals surface area contributed by atoms with Crippen LogP contribution in [0.4, 0.5) is 0 Å². The van der Waals surface area contributed by atoms with Crippen LogP contribution in [0.15, 0.2) is 54.9 Å². The van der Waals surface area contributed by atoms with E-state index in [-0.39, 0.29) is 5.41 Å². The molecular weight excluding hydrogens is 232 g/mol. The topological polar surface area (TPSA) is 28.7 Å². The molecule has 1 aromatic carbocycles. The van der Waals surface area contributed by atoms with Crippen molar-refractivity contribution in [3.63, 3.8) is 0 Å². The molecule has 3 aromatic rings. The SMILES string of the molecule is [CH2]C[C@@](C)(c1ccccc1)c1c[nH]c2ncccc12. The molecule has 3 rings (SSSR count). The minimum atomic E-state index is -0.0947. The Morgan fingerprint density at radius 2 is 1.95 bits per heavy atom. The Bertz CT molecular complexity index is 685. The summed E-state index contributed by atoms with van der Waals surface area (Å²) in [6.07, 6.45) is 4.68. The lowest BCUT2D eigenvalue weighted by molar-refractivity contribution is 0.583. The summed E-state index contributed by atoms with van der Waals surface area (Å²) in [5, 5.41) is 1.18. The van der Waals surface area contributed by atoms with E-state index in [0.29, 0.717) is 0 Å². The Kier molecular flexibility index (Phi) is 2.86. The third-order valence-electron chi connectivity index (χ3n) is 3.96. The molecule has 0 saturated carbocycles. The molecule has 1 radical (unpaired) electrons. The lowest BCUT2D eigenvalue weighted by atomic mass is 9.74. The molecule has 0 aliphatic heterocycles. The van der Waals surface area contributed by atoms with E-state index in [0.717, 1.165) is 12.1 Å². The first-order valence-electron chi connectivity index (χ1n) is 6.53. The highest BCUT2D eigenvalue weighted by Gasteiger charge is 2.29. The van der Waals surface area contributed by atoms with Gasteiger partial charge in [0.05, 0.1) is 0 Å². The van der Waals surface area contributed by atoms with E-state index in [2.05, 4.69) is 60.3 Å². The van der Waals surface area contributed by atoms with Gasteiger partial charge in [-0.25, -0.2) is 4.98 Å². The Labute approximate surface area is 113 Å². The highest BCUT2D eigenvalue weighted by molar-refractivity contribution is 5.81. The van der Waals surface area contributed by atoms with Crippen LogP contribution >= 0.6 is 0 Å². The van der Waals surface area contributed by atoms with Crippen molar-refractivity contribution >= 4 is 11.0 Å². The number of benzene rings is 1. The predicted molar refractivity (Wildman–Crippen MR) is 79.0 cm³/mol. The maximum absolute atomic E-state index is 4.37. The second kappa shape index (κ2) is 4.54. The summed E-state index contributed by atoms with van der Waals surface area (Å²) in [5.74, 6) is 0. The van der Waals surface area contributed by atoms with Gasteiger partial charge in [-0.15, -0.1) is 0 Å². The van der Waals surface area contributed by atoms with Crippen molar-refractivity contribution in [1.29, 1.82) is 0 Å². The molecule has 0 aliphatic rings. The number of aromatic nitrogens is 2. The van der Waals surface area contributed by atoms with Gasteiger partial charge in [0.15, 0.2) is 0 Å². The van der Waals surface area contributed by atoms with Crippen LogP contribution in [-0.2, 0) is 5.41 Å². The average Bonchev–Trinajstić information content (AvgIpc) is 2.92. The van der Waals surface area contributed by atoms with Gasteiger partial charge < -0.3 is 4.98 Å². The third-order valence-corrected chi connectivity index (χ3v) is 3.96. The van der Waals surface area contributed by atoms with Crippen LogP contribution in [-0.4, -0.2) is 9.97 Å². The number of fused-ring (bicyclic) bond motifs is 1. The molecule has 0 amide bonds. The molecule has 2 nitrogen and oxygen atoms in total. The van der Waals surface area contributed by atoms with Gasteiger partial charge in [-0.05, 0) is 29.7 Å². The number of hydrogen-bond acceptors (Lipinski definition) is 1. The Balaban J connectivity index is 2.22. The minimum absolute atomic E-state index is 0.0947. The summed E-state index contributed by atoms with van der Waals surface area (Å²) in [6, 6.07) is 14.6. The second-order valence-electron chi connectivity index (χ2n) is 5.05. The highest BCUT2D eigenvalue weighted by Crippen LogP contribution is 2.38. The molecule has 0 aliphatic carbocycles. The molecule has 95 valence electrons. The molecule has 0 spiro atoms. The van der Waals surface area contributed by atoms with Gasteiger partial charge in [0, 0.05) is 23.2 Å². The lowest BCUT2D eigenvalue weighted by Gasteiger charge is -2.28. The molecule has 0 bridgehead atoms. The van der Waals surface area contributed by atoms with Crippen molar-refractivity contribution in [2.45, 2.75) is 18.8 Å². The number of nitrogens with zero attached hydrogens (tertiary/aromatic N) is 1. The minimum Gasteiger partial charge on any atom is -0.346 e. The van der Waals surface area contributed by atoms with E-state index in [1.807, 2.05) is 18.3 Å². The van der Waals surface area contributed by atoms with Gasteiger partial charge in [0.1, 0.15) is 5.65 Å². The first kappa shape index (κ1) is 12.0. The predicted octanol–water partition coefficient (Wildman–Crippen LogP) is 4.09. The highest BCUT2D eigenvalue weighted by atomic mass is 14.8. The largest absolute Gasteiger partial charge is 0.346 e.